The second kappa shape index (κ2) is 7.48. The first kappa shape index (κ1) is 16.0. The monoisotopic (exact) mass is 274 g/mol. The van der Waals surface area contributed by atoms with E-state index in [0.29, 0.717) is 0 Å². The molecule has 1 rings (SSSR count). The molecular weight excluding hydrogens is 256 g/mol. The maximum absolute atomic E-state index is 11.6. The summed E-state index contributed by atoms with van der Waals surface area (Å²) in [7, 11) is 0. The van der Waals surface area contributed by atoms with Crippen LogP contribution in [0.4, 0.5) is 0 Å². The quantitative estimate of drug-likeness (QED) is 0.679. The lowest BCUT2D eigenvalue weighted by molar-refractivity contribution is -0.127. The van der Waals surface area contributed by atoms with Gasteiger partial charge >= 0.3 is 0 Å². The van der Waals surface area contributed by atoms with Gasteiger partial charge in [0.05, 0.1) is 12.8 Å². The number of benzene rings is 1. The summed E-state index contributed by atoms with van der Waals surface area (Å²) in [5.74, 6) is -0.569. The third-order valence-corrected chi connectivity index (χ3v) is 2.69. The summed E-state index contributed by atoms with van der Waals surface area (Å²) in [6.07, 6.45) is 0.254. The minimum absolute atomic E-state index is 0.0620. The highest BCUT2D eigenvalue weighted by Crippen LogP contribution is 2.09. The molecule has 0 spiro atoms. The molecule has 0 heterocycles. The Labute approximate surface area is 118 Å². The number of hydrogen-bond acceptors (Lipinski definition) is 4. The molecule has 4 heteroatoms. The number of hydrogen-bond donors (Lipinski definition) is 0. The van der Waals surface area contributed by atoms with Gasteiger partial charge in [0, 0.05) is 12.8 Å². The van der Waals surface area contributed by atoms with Crippen molar-refractivity contribution < 1.29 is 19.2 Å². The summed E-state index contributed by atoms with van der Waals surface area (Å²) < 4.78 is 0. The van der Waals surface area contributed by atoms with Gasteiger partial charge in [-0.05, 0) is 25.0 Å². The molecule has 0 amide bonds. The first-order valence-electron chi connectivity index (χ1n) is 6.47. The fourth-order valence-corrected chi connectivity index (χ4v) is 1.99. The molecule has 1 aromatic rings. The Hall–Kier alpha value is -2.10. The second-order valence-corrected chi connectivity index (χ2v) is 5.01. The third-order valence-electron chi connectivity index (χ3n) is 2.69. The van der Waals surface area contributed by atoms with Crippen LogP contribution in [0.5, 0.6) is 0 Å². The topological polar surface area (TPSA) is 68.3 Å². The van der Waals surface area contributed by atoms with Gasteiger partial charge in [0.1, 0.15) is 23.1 Å². The summed E-state index contributed by atoms with van der Waals surface area (Å²) >= 11 is 0. The number of rotatable bonds is 8. The fraction of sp³-hybridized carbons (Fsp3) is 0.375. The fourth-order valence-electron chi connectivity index (χ4n) is 1.99. The zero-order valence-electron chi connectivity index (χ0n) is 11.8. The molecule has 106 valence electrons. The summed E-state index contributed by atoms with van der Waals surface area (Å²) in [5.41, 5.74) is 1.56. The average Bonchev–Trinajstić information content (AvgIpc) is 2.26. The van der Waals surface area contributed by atoms with E-state index in [9.17, 15) is 19.2 Å². The first-order valence-corrected chi connectivity index (χ1v) is 6.47. The van der Waals surface area contributed by atoms with Crippen molar-refractivity contribution in [2.45, 2.75) is 39.5 Å². The van der Waals surface area contributed by atoms with Crippen molar-refractivity contribution in [1.29, 1.82) is 0 Å². The zero-order chi connectivity index (χ0) is 15.1. The van der Waals surface area contributed by atoms with Crippen molar-refractivity contribution in [2.75, 3.05) is 0 Å². The van der Waals surface area contributed by atoms with Crippen LogP contribution in [0.1, 0.15) is 37.8 Å². The molecule has 0 saturated heterocycles. The molecule has 0 atom stereocenters. The van der Waals surface area contributed by atoms with Crippen molar-refractivity contribution in [3.05, 3.63) is 35.4 Å². The molecular formula is C16H18O4. The Balaban J connectivity index is 2.66. The normalized spacial score (nSPS) is 10.1. The number of carbonyl (C=O) groups excluding carboxylic acids is 4. The molecule has 0 radical (unpaired) electrons. The van der Waals surface area contributed by atoms with E-state index in [4.69, 9.17) is 0 Å². The minimum Gasteiger partial charge on any atom is -0.300 e. The van der Waals surface area contributed by atoms with E-state index in [1.165, 1.54) is 13.8 Å². The molecule has 0 unspecified atom stereocenters. The van der Waals surface area contributed by atoms with E-state index in [2.05, 4.69) is 0 Å². The van der Waals surface area contributed by atoms with Gasteiger partial charge < -0.3 is 0 Å². The lowest BCUT2D eigenvalue weighted by Crippen LogP contribution is -2.09. The molecule has 0 N–H and O–H groups in total. The average molecular weight is 274 g/mol. The van der Waals surface area contributed by atoms with Crippen LogP contribution in [0, 0.1) is 0 Å². The van der Waals surface area contributed by atoms with Crippen molar-refractivity contribution in [1.82, 2.24) is 0 Å². The van der Waals surface area contributed by atoms with Crippen LogP contribution in [0.2, 0.25) is 0 Å². The summed E-state index contributed by atoms with van der Waals surface area (Å²) in [5, 5.41) is 0. The van der Waals surface area contributed by atoms with Crippen molar-refractivity contribution in [3.8, 4) is 0 Å². The molecule has 0 aliphatic carbocycles. The standard InChI is InChI=1S/C16H18O4/c1-11(17)6-15(19)9-13-4-3-5-14(8-13)10-16(20)7-12(2)18/h3-5,8H,6-7,9-10H2,1-2H3. The molecule has 0 aliphatic heterocycles. The molecule has 1 aromatic carbocycles. The van der Waals surface area contributed by atoms with E-state index >= 15 is 0 Å². The van der Waals surface area contributed by atoms with Crippen LogP contribution in [-0.4, -0.2) is 23.1 Å². The lowest BCUT2D eigenvalue weighted by atomic mass is 10.00. The van der Waals surface area contributed by atoms with Crippen LogP contribution < -0.4 is 0 Å². The Morgan fingerprint density at radius 1 is 0.800 bits per heavy atom. The van der Waals surface area contributed by atoms with Crippen molar-refractivity contribution in [3.63, 3.8) is 0 Å². The molecule has 0 aliphatic rings. The summed E-state index contributed by atoms with van der Waals surface area (Å²) in [4.78, 5) is 44.9. The van der Waals surface area contributed by atoms with Crippen LogP contribution in [-0.2, 0) is 32.0 Å². The van der Waals surface area contributed by atoms with Crippen LogP contribution in [0.3, 0.4) is 0 Å². The van der Waals surface area contributed by atoms with E-state index in [-0.39, 0.29) is 48.8 Å². The molecule has 20 heavy (non-hydrogen) atoms. The number of ketones is 4. The SMILES string of the molecule is CC(=O)CC(=O)Cc1cccc(CC(=O)CC(C)=O)c1. The van der Waals surface area contributed by atoms with Crippen molar-refractivity contribution >= 4 is 23.1 Å². The molecule has 4 nitrogen and oxygen atoms in total. The van der Waals surface area contributed by atoms with Gasteiger partial charge in [-0.1, -0.05) is 24.3 Å². The van der Waals surface area contributed by atoms with Crippen LogP contribution in [0.25, 0.3) is 0 Å². The second-order valence-electron chi connectivity index (χ2n) is 5.01. The van der Waals surface area contributed by atoms with Gasteiger partial charge in [-0.25, -0.2) is 0 Å². The highest BCUT2D eigenvalue weighted by atomic mass is 16.2. The number of carbonyl (C=O) groups is 4. The smallest absolute Gasteiger partial charge is 0.144 e. The Bertz CT molecular complexity index is 498. The van der Waals surface area contributed by atoms with Gasteiger partial charge in [0.25, 0.3) is 0 Å². The first-order chi connectivity index (χ1) is 9.36. The molecule has 0 saturated carbocycles. The van der Waals surface area contributed by atoms with Gasteiger partial charge in [0.2, 0.25) is 0 Å². The van der Waals surface area contributed by atoms with E-state index in [1.54, 1.807) is 24.3 Å². The highest BCUT2D eigenvalue weighted by molar-refractivity contribution is 5.99. The zero-order valence-corrected chi connectivity index (χ0v) is 11.8. The highest BCUT2D eigenvalue weighted by Gasteiger charge is 2.09. The largest absolute Gasteiger partial charge is 0.300 e. The summed E-state index contributed by atoms with van der Waals surface area (Å²) in [6.45, 7) is 2.77. The maximum Gasteiger partial charge on any atom is 0.144 e. The van der Waals surface area contributed by atoms with E-state index in [1.807, 2.05) is 0 Å². The Morgan fingerprint density at radius 3 is 1.55 bits per heavy atom. The molecule has 0 bridgehead atoms. The molecule has 0 aromatic heterocycles. The van der Waals surface area contributed by atoms with Crippen LogP contribution >= 0.6 is 0 Å². The predicted molar refractivity (Wildman–Crippen MR) is 74.5 cm³/mol. The predicted octanol–water partition coefficient (Wildman–Crippen LogP) is 1.87. The van der Waals surface area contributed by atoms with Gasteiger partial charge in [0.15, 0.2) is 0 Å². The minimum atomic E-state index is -0.150. The van der Waals surface area contributed by atoms with Gasteiger partial charge in [-0.3, -0.25) is 19.2 Å². The van der Waals surface area contributed by atoms with E-state index < -0.39 is 0 Å². The lowest BCUT2D eigenvalue weighted by Gasteiger charge is -2.04. The maximum atomic E-state index is 11.6. The number of Topliss-reactive ketones (excluding diaryl/α,β-unsaturated/α-hetero) is 4. The third kappa shape index (κ3) is 6.18. The Kier molecular flexibility index (Phi) is 5.97. The Morgan fingerprint density at radius 2 is 1.20 bits per heavy atom. The van der Waals surface area contributed by atoms with Gasteiger partial charge in [-0.15, -0.1) is 0 Å². The molecule has 0 fully saturated rings. The van der Waals surface area contributed by atoms with Crippen LogP contribution in [0.15, 0.2) is 24.3 Å². The van der Waals surface area contributed by atoms with E-state index in [0.717, 1.165) is 11.1 Å². The van der Waals surface area contributed by atoms with Crippen molar-refractivity contribution in [2.24, 2.45) is 0 Å². The summed E-state index contributed by atoms with van der Waals surface area (Å²) in [6, 6.07) is 7.12. The van der Waals surface area contributed by atoms with Gasteiger partial charge in [-0.2, -0.15) is 0 Å².